The summed E-state index contributed by atoms with van der Waals surface area (Å²) in [6, 6.07) is 3.75. The van der Waals surface area contributed by atoms with E-state index in [2.05, 4.69) is 20.9 Å². The van der Waals surface area contributed by atoms with Gasteiger partial charge in [-0.1, -0.05) is 11.6 Å². The maximum absolute atomic E-state index is 13.3. The molecule has 0 radical (unpaired) electrons. The van der Waals surface area contributed by atoms with Crippen LogP contribution in [0.5, 0.6) is 0 Å². The molecule has 0 fully saturated rings. The Balaban J connectivity index is 2.28. The van der Waals surface area contributed by atoms with Gasteiger partial charge in [0, 0.05) is 17.8 Å². The number of aromatic amines is 1. The molecule has 0 aliphatic carbocycles. The van der Waals surface area contributed by atoms with Crippen LogP contribution in [0.1, 0.15) is 4.88 Å². The molecule has 0 saturated heterocycles. The zero-order chi connectivity index (χ0) is 13.3. The summed E-state index contributed by atoms with van der Waals surface area (Å²) in [5, 5.41) is -0.555. The largest absolute Gasteiger partial charge is 0.329 e. The molecule has 0 atom stereocenters. The van der Waals surface area contributed by atoms with Gasteiger partial charge < -0.3 is 0 Å². The zero-order valence-corrected chi connectivity index (χ0v) is 12.0. The summed E-state index contributed by atoms with van der Waals surface area (Å²) in [5.74, 6) is -1.14. The highest BCUT2D eigenvalue weighted by Crippen LogP contribution is 2.22. The van der Waals surface area contributed by atoms with Crippen molar-refractivity contribution < 1.29 is 4.39 Å². The SMILES string of the molecule is O=c1[nH]c(Cl)c(F)c(=O)n1CCc1ccc(Br)s1. The molecule has 18 heavy (non-hydrogen) atoms. The van der Waals surface area contributed by atoms with Gasteiger partial charge >= 0.3 is 5.69 Å². The summed E-state index contributed by atoms with van der Waals surface area (Å²) in [6.07, 6.45) is 0.473. The smallest absolute Gasteiger partial charge is 0.295 e. The molecule has 0 unspecified atom stereocenters. The number of hydrogen-bond donors (Lipinski definition) is 1. The van der Waals surface area contributed by atoms with E-state index in [1.165, 1.54) is 11.3 Å². The van der Waals surface area contributed by atoms with Crippen molar-refractivity contribution in [2.45, 2.75) is 13.0 Å². The Hall–Kier alpha value is -0.920. The van der Waals surface area contributed by atoms with Crippen molar-refractivity contribution in [2.75, 3.05) is 0 Å². The van der Waals surface area contributed by atoms with Crippen LogP contribution < -0.4 is 11.2 Å². The van der Waals surface area contributed by atoms with Crippen LogP contribution in [0, 0.1) is 5.82 Å². The highest BCUT2D eigenvalue weighted by atomic mass is 79.9. The Kier molecular flexibility index (Phi) is 4.04. The van der Waals surface area contributed by atoms with E-state index >= 15 is 0 Å². The van der Waals surface area contributed by atoms with E-state index in [1.54, 1.807) is 0 Å². The molecule has 0 amide bonds. The molecule has 0 aromatic carbocycles. The van der Waals surface area contributed by atoms with E-state index in [9.17, 15) is 14.0 Å². The Morgan fingerprint density at radius 3 is 2.78 bits per heavy atom. The lowest BCUT2D eigenvalue weighted by molar-refractivity contribution is 0.540. The number of halogens is 3. The molecule has 0 spiro atoms. The van der Waals surface area contributed by atoms with Gasteiger partial charge in [-0.15, -0.1) is 11.3 Å². The number of H-pyrrole nitrogens is 1. The van der Waals surface area contributed by atoms with Gasteiger partial charge in [-0.2, -0.15) is 4.39 Å². The number of nitrogens with one attached hydrogen (secondary N) is 1. The Labute approximate surface area is 118 Å². The third-order valence-corrected chi connectivity index (χ3v) is 4.24. The average Bonchev–Trinajstić information content (AvgIpc) is 2.72. The van der Waals surface area contributed by atoms with Crippen molar-refractivity contribution in [3.05, 3.63) is 52.6 Å². The molecular formula is C10H7BrClFN2O2S. The first kappa shape index (κ1) is 13.5. The lowest BCUT2D eigenvalue weighted by atomic mass is 10.3. The second kappa shape index (κ2) is 5.38. The first-order valence-corrected chi connectivity index (χ1v) is 6.90. The molecule has 2 aromatic heterocycles. The van der Waals surface area contributed by atoms with E-state index < -0.39 is 22.2 Å². The van der Waals surface area contributed by atoms with Gasteiger partial charge in [0.1, 0.15) is 0 Å². The van der Waals surface area contributed by atoms with Crippen LogP contribution in [0.4, 0.5) is 4.39 Å². The molecule has 1 N–H and O–H groups in total. The average molecular weight is 354 g/mol. The summed E-state index contributed by atoms with van der Waals surface area (Å²) in [6.45, 7) is 0.106. The highest BCUT2D eigenvalue weighted by molar-refractivity contribution is 9.11. The Bertz CT molecular complexity index is 694. The maximum Gasteiger partial charge on any atom is 0.329 e. The van der Waals surface area contributed by atoms with E-state index in [0.717, 1.165) is 13.2 Å². The highest BCUT2D eigenvalue weighted by Gasteiger charge is 2.12. The molecule has 96 valence electrons. The van der Waals surface area contributed by atoms with Crippen LogP contribution in [0.15, 0.2) is 25.5 Å². The van der Waals surface area contributed by atoms with Gasteiger partial charge in [-0.3, -0.25) is 14.3 Å². The second-order valence-electron chi connectivity index (χ2n) is 3.47. The molecule has 0 aliphatic rings. The zero-order valence-electron chi connectivity index (χ0n) is 8.87. The van der Waals surface area contributed by atoms with Crippen molar-refractivity contribution >= 4 is 38.9 Å². The molecule has 0 aliphatic heterocycles. The first-order chi connectivity index (χ1) is 8.49. The van der Waals surface area contributed by atoms with Crippen molar-refractivity contribution in [3.63, 3.8) is 0 Å². The van der Waals surface area contributed by atoms with Gasteiger partial charge in [-0.25, -0.2) is 4.79 Å². The van der Waals surface area contributed by atoms with E-state index in [0.29, 0.717) is 6.42 Å². The van der Waals surface area contributed by atoms with Crippen LogP contribution in [0.2, 0.25) is 5.15 Å². The molecular weight excluding hydrogens is 347 g/mol. The lowest BCUT2D eigenvalue weighted by Crippen LogP contribution is -2.37. The van der Waals surface area contributed by atoms with Crippen LogP contribution >= 0.6 is 38.9 Å². The second-order valence-corrected chi connectivity index (χ2v) is 6.40. The molecule has 0 bridgehead atoms. The van der Waals surface area contributed by atoms with Crippen molar-refractivity contribution in [3.8, 4) is 0 Å². The van der Waals surface area contributed by atoms with Crippen LogP contribution in [0.25, 0.3) is 0 Å². The molecule has 2 aromatic rings. The molecule has 2 rings (SSSR count). The van der Waals surface area contributed by atoms with Gasteiger partial charge in [0.15, 0.2) is 5.15 Å². The third kappa shape index (κ3) is 2.73. The minimum Gasteiger partial charge on any atom is -0.295 e. The number of thiophene rings is 1. The van der Waals surface area contributed by atoms with Crippen LogP contribution in [0.3, 0.4) is 0 Å². The quantitative estimate of drug-likeness (QED) is 0.862. The number of aryl methyl sites for hydroxylation is 1. The predicted molar refractivity (Wildman–Crippen MR) is 72.0 cm³/mol. The first-order valence-electron chi connectivity index (χ1n) is 4.91. The number of rotatable bonds is 3. The van der Waals surface area contributed by atoms with Gasteiger partial charge in [0.25, 0.3) is 5.56 Å². The van der Waals surface area contributed by atoms with Crippen LogP contribution in [-0.4, -0.2) is 9.55 Å². The molecule has 8 heteroatoms. The van der Waals surface area contributed by atoms with Gasteiger partial charge in [0.2, 0.25) is 5.82 Å². The number of hydrogen-bond acceptors (Lipinski definition) is 3. The normalized spacial score (nSPS) is 10.8. The summed E-state index contributed by atoms with van der Waals surface area (Å²) < 4.78 is 15.0. The van der Waals surface area contributed by atoms with E-state index in [1.807, 2.05) is 12.1 Å². The summed E-state index contributed by atoms with van der Waals surface area (Å²) >= 11 is 10.2. The van der Waals surface area contributed by atoms with E-state index in [-0.39, 0.29) is 6.54 Å². The topological polar surface area (TPSA) is 54.9 Å². The lowest BCUT2D eigenvalue weighted by Gasteiger charge is -2.03. The molecule has 2 heterocycles. The number of nitrogens with zero attached hydrogens (tertiary/aromatic N) is 1. The van der Waals surface area contributed by atoms with Crippen LogP contribution in [-0.2, 0) is 13.0 Å². The summed E-state index contributed by atoms with van der Waals surface area (Å²) in [7, 11) is 0. The fourth-order valence-electron chi connectivity index (χ4n) is 1.43. The Morgan fingerprint density at radius 1 is 1.44 bits per heavy atom. The minimum atomic E-state index is -1.14. The monoisotopic (exact) mass is 352 g/mol. The predicted octanol–water partition coefficient (Wildman–Crippen LogP) is 2.40. The van der Waals surface area contributed by atoms with Gasteiger partial charge in [0.05, 0.1) is 3.79 Å². The molecule has 4 nitrogen and oxygen atoms in total. The maximum atomic E-state index is 13.3. The van der Waals surface area contributed by atoms with Crippen molar-refractivity contribution in [1.82, 2.24) is 9.55 Å². The van der Waals surface area contributed by atoms with Crippen molar-refractivity contribution in [1.29, 1.82) is 0 Å². The van der Waals surface area contributed by atoms with Crippen molar-refractivity contribution in [2.24, 2.45) is 0 Å². The van der Waals surface area contributed by atoms with Gasteiger partial charge in [-0.05, 0) is 28.1 Å². The fourth-order valence-corrected chi connectivity index (χ4v) is 3.07. The molecule has 0 saturated carbocycles. The van der Waals surface area contributed by atoms with E-state index in [4.69, 9.17) is 11.6 Å². The fraction of sp³-hybridized carbons (Fsp3) is 0.200. The Morgan fingerprint density at radius 2 is 2.17 bits per heavy atom. The number of aromatic nitrogens is 2. The summed E-state index contributed by atoms with van der Waals surface area (Å²) in [5.41, 5.74) is -1.71. The summed E-state index contributed by atoms with van der Waals surface area (Å²) in [4.78, 5) is 26.1. The standard InChI is InChI=1S/C10H7BrClFN2O2S/c11-6-2-1-5(18-6)3-4-15-9(16)7(13)8(12)14-10(15)17/h1-2H,3-4H2,(H,14,17). The minimum absolute atomic E-state index is 0.106. The third-order valence-electron chi connectivity index (χ3n) is 2.30.